The SMILES string of the molecule is CC12C(=O)OC(=O)C1=C1CCC2C1. The minimum atomic E-state index is -0.579. The van der Waals surface area contributed by atoms with Gasteiger partial charge in [0.1, 0.15) is 5.41 Å². The molecule has 68 valence electrons. The Kier molecular flexibility index (Phi) is 1.05. The highest BCUT2D eigenvalue weighted by Crippen LogP contribution is 2.59. The fraction of sp³-hybridized carbons (Fsp3) is 0.600. The van der Waals surface area contributed by atoms with Crippen molar-refractivity contribution in [1.29, 1.82) is 0 Å². The molecule has 1 saturated carbocycles. The summed E-state index contributed by atoms with van der Waals surface area (Å²) in [6.45, 7) is 1.85. The molecule has 1 heterocycles. The summed E-state index contributed by atoms with van der Waals surface area (Å²) in [5.41, 5.74) is 1.28. The maximum atomic E-state index is 11.5. The van der Waals surface area contributed by atoms with Crippen molar-refractivity contribution in [2.24, 2.45) is 11.3 Å². The first kappa shape index (κ1) is 7.30. The lowest BCUT2D eigenvalue weighted by Crippen LogP contribution is -2.30. The van der Waals surface area contributed by atoms with Gasteiger partial charge in [0.2, 0.25) is 0 Å². The van der Waals surface area contributed by atoms with Crippen molar-refractivity contribution in [3.8, 4) is 0 Å². The second-order valence-corrected chi connectivity index (χ2v) is 4.30. The number of cyclic esters (lactones) is 2. The molecule has 2 aliphatic carbocycles. The highest BCUT2D eigenvalue weighted by molar-refractivity contribution is 6.11. The third kappa shape index (κ3) is 0.598. The number of carbonyl (C=O) groups is 2. The third-order valence-electron chi connectivity index (χ3n) is 3.79. The molecular formula is C10H10O3. The summed E-state index contributed by atoms with van der Waals surface area (Å²) < 4.78 is 4.68. The molecule has 0 amide bonds. The summed E-state index contributed by atoms with van der Waals surface area (Å²) in [5, 5.41) is 0. The minimum absolute atomic E-state index is 0.327. The molecule has 3 rings (SSSR count). The molecule has 0 spiro atoms. The van der Waals surface area contributed by atoms with Crippen molar-refractivity contribution >= 4 is 11.9 Å². The van der Waals surface area contributed by atoms with Crippen molar-refractivity contribution in [3.63, 3.8) is 0 Å². The second kappa shape index (κ2) is 1.86. The van der Waals surface area contributed by atoms with Crippen LogP contribution >= 0.6 is 0 Å². The summed E-state index contributed by atoms with van der Waals surface area (Å²) in [7, 11) is 0. The van der Waals surface area contributed by atoms with E-state index in [9.17, 15) is 9.59 Å². The molecular weight excluding hydrogens is 168 g/mol. The van der Waals surface area contributed by atoms with Gasteiger partial charge in [-0.3, -0.25) is 4.79 Å². The lowest BCUT2D eigenvalue weighted by molar-refractivity contribution is -0.155. The van der Waals surface area contributed by atoms with Gasteiger partial charge < -0.3 is 4.74 Å². The topological polar surface area (TPSA) is 43.4 Å². The summed E-state index contributed by atoms with van der Waals surface area (Å²) >= 11 is 0. The van der Waals surface area contributed by atoms with Crippen LogP contribution in [0.15, 0.2) is 11.1 Å². The number of hydrogen-bond donors (Lipinski definition) is 0. The van der Waals surface area contributed by atoms with E-state index in [1.54, 1.807) is 0 Å². The van der Waals surface area contributed by atoms with Crippen molar-refractivity contribution in [3.05, 3.63) is 11.1 Å². The molecule has 0 aromatic heterocycles. The van der Waals surface area contributed by atoms with Crippen LogP contribution in [0.25, 0.3) is 0 Å². The van der Waals surface area contributed by atoms with Crippen LogP contribution in [-0.2, 0) is 14.3 Å². The molecule has 3 heteroatoms. The highest BCUT2D eigenvalue weighted by atomic mass is 16.6. The van der Waals surface area contributed by atoms with Crippen molar-refractivity contribution in [1.82, 2.24) is 0 Å². The first-order chi connectivity index (χ1) is 6.14. The Morgan fingerprint density at radius 2 is 2.23 bits per heavy atom. The van der Waals surface area contributed by atoms with Crippen molar-refractivity contribution in [2.45, 2.75) is 26.2 Å². The Balaban J connectivity index is 2.27. The van der Waals surface area contributed by atoms with Crippen LogP contribution in [0, 0.1) is 11.3 Å². The average molecular weight is 178 g/mol. The maximum Gasteiger partial charge on any atom is 0.342 e. The van der Waals surface area contributed by atoms with E-state index in [1.807, 2.05) is 6.92 Å². The van der Waals surface area contributed by atoms with Gasteiger partial charge in [0.05, 0.1) is 5.57 Å². The van der Waals surface area contributed by atoms with Gasteiger partial charge in [-0.1, -0.05) is 5.57 Å². The van der Waals surface area contributed by atoms with Crippen LogP contribution in [0.1, 0.15) is 26.2 Å². The lowest BCUT2D eigenvalue weighted by atomic mass is 9.74. The summed E-state index contributed by atoms with van der Waals surface area (Å²) in [5.74, 6) is -0.381. The molecule has 0 aromatic rings. The largest absolute Gasteiger partial charge is 0.389 e. The predicted molar refractivity (Wildman–Crippen MR) is 43.6 cm³/mol. The van der Waals surface area contributed by atoms with E-state index in [1.165, 1.54) is 5.57 Å². The Morgan fingerprint density at radius 3 is 2.92 bits per heavy atom. The van der Waals surface area contributed by atoms with Gasteiger partial charge in [0.25, 0.3) is 0 Å². The van der Waals surface area contributed by atoms with E-state index in [-0.39, 0.29) is 11.9 Å². The first-order valence-electron chi connectivity index (χ1n) is 4.63. The number of ether oxygens (including phenoxy) is 1. The summed E-state index contributed by atoms with van der Waals surface area (Å²) in [6.07, 6.45) is 2.96. The normalized spacial score (nSPS) is 41.5. The average Bonchev–Trinajstić information content (AvgIpc) is 2.66. The molecule has 0 N–H and O–H groups in total. The molecule has 0 aromatic carbocycles. The van der Waals surface area contributed by atoms with Crippen LogP contribution in [0.4, 0.5) is 0 Å². The van der Waals surface area contributed by atoms with Crippen molar-refractivity contribution < 1.29 is 14.3 Å². The number of fused-ring (bicyclic) bond motifs is 4. The summed E-state index contributed by atoms with van der Waals surface area (Å²) in [6, 6.07) is 0. The highest BCUT2D eigenvalue weighted by Gasteiger charge is 2.61. The fourth-order valence-electron chi connectivity index (χ4n) is 3.01. The molecule has 1 aliphatic heterocycles. The first-order valence-corrected chi connectivity index (χ1v) is 4.63. The van der Waals surface area contributed by atoms with E-state index < -0.39 is 5.41 Å². The number of hydrogen-bond acceptors (Lipinski definition) is 3. The zero-order chi connectivity index (χ0) is 9.22. The fourth-order valence-corrected chi connectivity index (χ4v) is 3.01. The third-order valence-corrected chi connectivity index (χ3v) is 3.79. The predicted octanol–water partition coefficient (Wildman–Crippen LogP) is 1.19. The van der Waals surface area contributed by atoms with Gasteiger partial charge in [-0.2, -0.15) is 0 Å². The molecule has 1 saturated heterocycles. The maximum absolute atomic E-state index is 11.5. The molecule has 2 unspecified atom stereocenters. The van der Waals surface area contributed by atoms with Gasteiger partial charge in [0, 0.05) is 0 Å². The molecule has 0 radical (unpaired) electrons. The zero-order valence-corrected chi connectivity index (χ0v) is 7.42. The van der Waals surface area contributed by atoms with Crippen LogP contribution in [0.3, 0.4) is 0 Å². The van der Waals surface area contributed by atoms with Gasteiger partial charge >= 0.3 is 11.9 Å². The number of esters is 2. The Labute approximate surface area is 75.8 Å². The Bertz CT molecular complexity index is 366. The minimum Gasteiger partial charge on any atom is -0.389 e. The van der Waals surface area contributed by atoms with E-state index in [0.717, 1.165) is 19.3 Å². The smallest absolute Gasteiger partial charge is 0.342 e. The van der Waals surface area contributed by atoms with Crippen LogP contribution in [-0.4, -0.2) is 11.9 Å². The lowest BCUT2D eigenvalue weighted by Gasteiger charge is -2.24. The van der Waals surface area contributed by atoms with Gasteiger partial charge in [-0.15, -0.1) is 0 Å². The molecule has 3 nitrogen and oxygen atoms in total. The van der Waals surface area contributed by atoms with Crippen LogP contribution < -0.4 is 0 Å². The quantitative estimate of drug-likeness (QED) is 0.413. The van der Waals surface area contributed by atoms with Crippen molar-refractivity contribution in [2.75, 3.05) is 0 Å². The second-order valence-electron chi connectivity index (χ2n) is 4.30. The van der Waals surface area contributed by atoms with Gasteiger partial charge in [-0.05, 0) is 32.1 Å². The molecule has 2 bridgehead atoms. The Morgan fingerprint density at radius 1 is 1.46 bits per heavy atom. The van der Waals surface area contributed by atoms with Gasteiger partial charge in [0.15, 0.2) is 0 Å². The van der Waals surface area contributed by atoms with E-state index in [0.29, 0.717) is 11.5 Å². The number of allylic oxidation sites excluding steroid dienone is 1. The standard InChI is InChI=1S/C10H10O3/c1-10-6-3-2-5(4-6)7(10)8(11)13-9(10)12/h6H,2-4H2,1H3. The van der Waals surface area contributed by atoms with E-state index >= 15 is 0 Å². The number of rotatable bonds is 0. The Hall–Kier alpha value is -1.12. The van der Waals surface area contributed by atoms with E-state index in [2.05, 4.69) is 4.74 Å². The molecule has 2 fully saturated rings. The zero-order valence-electron chi connectivity index (χ0n) is 7.42. The van der Waals surface area contributed by atoms with Crippen LogP contribution in [0.5, 0.6) is 0 Å². The van der Waals surface area contributed by atoms with Gasteiger partial charge in [-0.25, -0.2) is 4.79 Å². The number of carbonyl (C=O) groups excluding carboxylic acids is 2. The summed E-state index contributed by atoms with van der Waals surface area (Å²) in [4.78, 5) is 22.9. The molecule has 13 heavy (non-hydrogen) atoms. The van der Waals surface area contributed by atoms with E-state index in [4.69, 9.17) is 0 Å². The molecule has 2 atom stereocenters. The molecule has 3 aliphatic rings. The monoisotopic (exact) mass is 178 g/mol. The van der Waals surface area contributed by atoms with Crippen LogP contribution in [0.2, 0.25) is 0 Å².